The van der Waals surface area contributed by atoms with E-state index in [1.54, 1.807) is 0 Å². The Labute approximate surface area is 159 Å². The molecular weight excluding hydrogens is 342 g/mol. The molecule has 3 N–H and O–H groups in total. The Kier molecular flexibility index (Phi) is 4.80. The predicted octanol–water partition coefficient (Wildman–Crippen LogP) is 3.02. The number of nitrogens with two attached hydrogens (primary N) is 1. The van der Waals surface area contributed by atoms with Crippen LogP contribution in [0.25, 0.3) is 10.8 Å². The fourth-order valence-corrected chi connectivity index (χ4v) is 4.21. The van der Waals surface area contributed by atoms with Crippen molar-refractivity contribution in [3.8, 4) is 0 Å². The van der Waals surface area contributed by atoms with Gasteiger partial charge in [-0.1, -0.05) is 30.3 Å². The van der Waals surface area contributed by atoms with Crippen molar-refractivity contribution in [3.63, 3.8) is 0 Å². The van der Waals surface area contributed by atoms with E-state index in [0.717, 1.165) is 28.3 Å². The Morgan fingerprint density at radius 3 is 2.63 bits per heavy atom. The average Bonchev–Trinajstić information content (AvgIpc) is 2.63. The predicted molar refractivity (Wildman–Crippen MR) is 103 cm³/mol. The van der Waals surface area contributed by atoms with Gasteiger partial charge in [-0.3, -0.25) is 4.79 Å². The number of hydrogen-bond acceptors (Lipinski definition) is 5. The summed E-state index contributed by atoms with van der Waals surface area (Å²) >= 11 is 0. The molecule has 0 bridgehead atoms. The third kappa shape index (κ3) is 3.52. The Hall–Kier alpha value is -1.79. The molecule has 1 fully saturated rings. The van der Waals surface area contributed by atoms with Crippen LogP contribution in [0.2, 0.25) is 0 Å². The number of rotatable bonds is 3. The van der Waals surface area contributed by atoms with Crippen LogP contribution in [0, 0.1) is 0 Å². The molecule has 0 radical (unpaired) electrons. The van der Waals surface area contributed by atoms with Crippen LogP contribution in [0.15, 0.2) is 36.4 Å². The van der Waals surface area contributed by atoms with Crippen molar-refractivity contribution < 1.29 is 19.4 Å². The lowest BCUT2D eigenvalue weighted by Gasteiger charge is -2.40. The van der Waals surface area contributed by atoms with Crippen LogP contribution in [0.3, 0.4) is 0 Å². The average molecular weight is 369 g/mol. The second-order valence-corrected chi connectivity index (χ2v) is 8.00. The number of carbonyl (C=O) groups is 1. The molecule has 0 aromatic heterocycles. The van der Waals surface area contributed by atoms with Crippen molar-refractivity contribution in [2.75, 3.05) is 0 Å². The van der Waals surface area contributed by atoms with E-state index < -0.39 is 11.7 Å². The maximum absolute atomic E-state index is 12.2. The third-order valence-electron chi connectivity index (χ3n) is 6.04. The summed E-state index contributed by atoms with van der Waals surface area (Å²) in [7, 11) is 0. The van der Waals surface area contributed by atoms with Crippen molar-refractivity contribution >= 4 is 16.6 Å². The van der Waals surface area contributed by atoms with Gasteiger partial charge in [-0.2, -0.15) is 0 Å². The van der Waals surface area contributed by atoms with E-state index in [1.807, 2.05) is 25.1 Å². The fraction of sp³-hybridized carbons (Fsp3) is 0.500. The fourth-order valence-electron chi connectivity index (χ4n) is 4.21. The first kappa shape index (κ1) is 18.6. The van der Waals surface area contributed by atoms with Gasteiger partial charge in [-0.25, -0.2) is 0 Å². The molecule has 1 aliphatic heterocycles. The number of fused-ring (bicyclic) bond motifs is 2. The number of benzene rings is 2. The van der Waals surface area contributed by atoms with Gasteiger partial charge in [0.1, 0.15) is 5.60 Å². The van der Waals surface area contributed by atoms with Crippen LogP contribution in [-0.4, -0.2) is 34.9 Å². The molecule has 5 nitrogen and oxygen atoms in total. The van der Waals surface area contributed by atoms with Crippen molar-refractivity contribution in [2.24, 2.45) is 5.73 Å². The highest BCUT2D eigenvalue weighted by Crippen LogP contribution is 2.41. The quantitative estimate of drug-likeness (QED) is 0.869. The third-order valence-corrected chi connectivity index (χ3v) is 6.04. The minimum atomic E-state index is -1.41. The maximum atomic E-state index is 12.2. The van der Waals surface area contributed by atoms with Gasteiger partial charge < -0.3 is 20.3 Å². The second-order valence-electron chi connectivity index (χ2n) is 8.00. The van der Waals surface area contributed by atoms with E-state index in [9.17, 15) is 9.90 Å². The van der Waals surface area contributed by atoms with Crippen LogP contribution >= 0.6 is 0 Å². The number of Topliss-reactive ketones (excluding diaryl/α,β-unsaturated/α-hetero) is 1. The van der Waals surface area contributed by atoms with Gasteiger partial charge >= 0.3 is 0 Å². The second kappa shape index (κ2) is 6.99. The van der Waals surface area contributed by atoms with Gasteiger partial charge in [0.25, 0.3) is 0 Å². The molecule has 144 valence electrons. The van der Waals surface area contributed by atoms with E-state index in [1.165, 1.54) is 6.92 Å². The van der Waals surface area contributed by atoms with Crippen LogP contribution < -0.4 is 5.73 Å². The minimum absolute atomic E-state index is 0.0154. The number of ether oxygens (including phenoxy) is 2. The summed E-state index contributed by atoms with van der Waals surface area (Å²) in [4.78, 5) is 12.2. The van der Waals surface area contributed by atoms with Crippen molar-refractivity contribution in [1.82, 2.24) is 0 Å². The zero-order valence-electron chi connectivity index (χ0n) is 15.9. The molecule has 27 heavy (non-hydrogen) atoms. The molecule has 1 saturated heterocycles. The lowest BCUT2D eigenvalue weighted by molar-refractivity contribution is -0.225. The molecule has 4 rings (SSSR count). The zero-order valence-corrected chi connectivity index (χ0v) is 15.9. The van der Waals surface area contributed by atoms with Crippen LogP contribution in [0.1, 0.15) is 50.3 Å². The molecule has 1 aliphatic carbocycles. The van der Waals surface area contributed by atoms with Gasteiger partial charge in [0.15, 0.2) is 12.1 Å². The van der Waals surface area contributed by atoms with E-state index in [2.05, 4.69) is 18.2 Å². The van der Waals surface area contributed by atoms with Gasteiger partial charge in [-0.05, 0) is 54.7 Å². The van der Waals surface area contributed by atoms with Crippen LogP contribution in [-0.2, 0) is 20.7 Å². The zero-order chi connectivity index (χ0) is 19.2. The summed E-state index contributed by atoms with van der Waals surface area (Å²) in [6, 6.07) is 12.3. The lowest BCUT2D eigenvalue weighted by Crippen LogP contribution is -2.47. The van der Waals surface area contributed by atoms with E-state index >= 15 is 0 Å². The summed E-state index contributed by atoms with van der Waals surface area (Å²) in [6.45, 7) is 3.40. The van der Waals surface area contributed by atoms with Crippen LogP contribution in [0.4, 0.5) is 0 Å². The number of carbonyl (C=O) groups excluding carboxylic acids is 1. The van der Waals surface area contributed by atoms with Crippen molar-refractivity contribution in [1.29, 1.82) is 0 Å². The summed E-state index contributed by atoms with van der Waals surface area (Å²) in [5.41, 5.74) is 6.62. The first-order valence-corrected chi connectivity index (χ1v) is 9.67. The van der Waals surface area contributed by atoms with Gasteiger partial charge in [-0.15, -0.1) is 0 Å². The van der Waals surface area contributed by atoms with E-state index in [4.69, 9.17) is 15.2 Å². The minimum Gasteiger partial charge on any atom is -0.382 e. The standard InChI is InChI=1S/C22H27NO4/c1-13-19(23)7-8-21(26-13)27-20-12-22(25,14(2)24)11-17-9-15-5-3-4-6-16(15)10-18(17)20/h3-6,9-10,13,19-21,25H,7-8,11-12,23H2,1-2H3/t13-,19-,20-,21-,22-/m0/s1. The molecular formula is C22H27NO4. The van der Waals surface area contributed by atoms with Crippen molar-refractivity contribution in [3.05, 3.63) is 47.5 Å². The molecule has 2 aromatic carbocycles. The van der Waals surface area contributed by atoms with Gasteiger partial charge in [0.05, 0.1) is 12.2 Å². The maximum Gasteiger partial charge on any atom is 0.161 e. The number of hydrogen-bond donors (Lipinski definition) is 2. The van der Waals surface area contributed by atoms with Crippen LogP contribution in [0.5, 0.6) is 0 Å². The Morgan fingerprint density at radius 1 is 1.26 bits per heavy atom. The van der Waals surface area contributed by atoms with E-state index in [0.29, 0.717) is 12.8 Å². The number of ketones is 1. The summed E-state index contributed by atoms with van der Waals surface area (Å²) < 4.78 is 12.2. The molecule has 2 aliphatic rings. The first-order chi connectivity index (χ1) is 12.9. The van der Waals surface area contributed by atoms with Gasteiger partial charge in [0.2, 0.25) is 0 Å². The highest BCUT2D eigenvalue weighted by atomic mass is 16.7. The van der Waals surface area contributed by atoms with Crippen molar-refractivity contribution in [2.45, 2.75) is 69.7 Å². The Bertz CT molecular complexity index is 867. The SMILES string of the molecule is CC(=O)[C@]1(O)Cc2cc3ccccc3cc2[C@@H](O[C@H]2CC[C@H](N)[C@H](C)O2)C1. The monoisotopic (exact) mass is 369 g/mol. The summed E-state index contributed by atoms with van der Waals surface area (Å²) in [5, 5.41) is 13.2. The first-order valence-electron chi connectivity index (χ1n) is 9.67. The molecule has 0 spiro atoms. The Morgan fingerprint density at radius 2 is 1.96 bits per heavy atom. The molecule has 0 unspecified atom stereocenters. The lowest BCUT2D eigenvalue weighted by atomic mass is 9.76. The summed E-state index contributed by atoms with van der Waals surface area (Å²) in [5.74, 6) is -0.227. The molecule has 0 saturated carbocycles. The largest absolute Gasteiger partial charge is 0.382 e. The molecule has 2 aromatic rings. The van der Waals surface area contributed by atoms with Gasteiger partial charge in [0, 0.05) is 18.9 Å². The normalized spacial score (nSPS) is 33.6. The summed E-state index contributed by atoms with van der Waals surface area (Å²) in [6.07, 6.45) is 1.26. The molecule has 1 heterocycles. The smallest absolute Gasteiger partial charge is 0.161 e. The molecule has 0 amide bonds. The topological polar surface area (TPSA) is 81.8 Å². The molecule has 5 atom stereocenters. The Balaban J connectivity index is 1.69. The molecule has 5 heteroatoms. The highest BCUT2D eigenvalue weighted by Gasteiger charge is 2.43. The highest BCUT2D eigenvalue weighted by molar-refractivity contribution is 5.88. The number of aliphatic hydroxyl groups is 1. The van der Waals surface area contributed by atoms with E-state index in [-0.39, 0.29) is 30.6 Å².